The van der Waals surface area contributed by atoms with Gasteiger partial charge in [0, 0.05) is 31.8 Å². The van der Waals surface area contributed by atoms with Crippen molar-refractivity contribution in [3.05, 3.63) is 89.5 Å². The summed E-state index contributed by atoms with van der Waals surface area (Å²) in [5.74, 6) is -3.50. The van der Waals surface area contributed by atoms with E-state index in [0.29, 0.717) is 24.8 Å². The molecule has 0 unspecified atom stereocenters. The van der Waals surface area contributed by atoms with Gasteiger partial charge in [-0.15, -0.1) is 0 Å². The van der Waals surface area contributed by atoms with Crippen molar-refractivity contribution < 1.29 is 33.8 Å². The van der Waals surface area contributed by atoms with Crippen LogP contribution in [0.3, 0.4) is 0 Å². The number of anilines is 1. The summed E-state index contributed by atoms with van der Waals surface area (Å²) in [6.45, 7) is 6.16. The summed E-state index contributed by atoms with van der Waals surface area (Å²) in [5, 5.41) is 12.5. The number of nitrogens with zero attached hydrogens (tertiary/aromatic N) is 2. The molecular formula is C37H43N3O7. The lowest BCUT2D eigenvalue weighted by Gasteiger charge is -2.35. The quantitative estimate of drug-likeness (QED) is 0.280. The van der Waals surface area contributed by atoms with Gasteiger partial charge in [0.15, 0.2) is 0 Å². The van der Waals surface area contributed by atoms with Crippen molar-refractivity contribution in [1.29, 1.82) is 0 Å². The number of hydrogen-bond donors (Lipinski definition) is 2. The Kier molecular flexibility index (Phi) is 9.34. The maximum absolute atomic E-state index is 14.7. The first-order valence-corrected chi connectivity index (χ1v) is 16.5. The van der Waals surface area contributed by atoms with E-state index in [1.807, 2.05) is 74.5 Å². The molecular weight excluding hydrogens is 598 g/mol. The standard InChI is InChI=1S/C37H43N3O7/c1-23-16-17-24(2)27(22-23)39-20-11-18-37-31(34(43)40(19-9-10-21-41)33(37)35(39)44)30-28(47-37)14-7-8-15-29(42)38-25(3)32(46-36(30)45)26-12-5-4-6-13-26/h4-7,11-14,16-18,22,25,28,30-33,41H,8-10,15,19-21H2,1-3H3,(H,38,42)/b14-7-/t25-,28-,30+,31+,32+,33-,37+/m1/s1. The molecule has 0 bridgehead atoms. The fourth-order valence-corrected chi connectivity index (χ4v) is 7.56. The molecule has 47 heavy (non-hydrogen) atoms. The summed E-state index contributed by atoms with van der Waals surface area (Å²) in [6.07, 6.45) is 7.10. The molecule has 3 amide bonds. The van der Waals surface area contributed by atoms with Crippen LogP contribution in [0.15, 0.2) is 72.8 Å². The van der Waals surface area contributed by atoms with E-state index in [1.165, 1.54) is 0 Å². The summed E-state index contributed by atoms with van der Waals surface area (Å²) < 4.78 is 13.0. The highest BCUT2D eigenvalue weighted by molar-refractivity contribution is 6.06. The number of cyclic esters (lactones) is 1. The van der Waals surface area contributed by atoms with Crippen LogP contribution in [0.25, 0.3) is 0 Å². The molecule has 0 aliphatic carbocycles. The van der Waals surface area contributed by atoms with Crippen molar-refractivity contribution in [2.75, 3.05) is 24.6 Å². The zero-order chi connectivity index (χ0) is 33.3. The number of fused-ring (bicyclic) bond motifs is 2. The van der Waals surface area contributed by atoms with E-state index in [0.717, 1.165) is 16.8 Å². The number of nitrogens with one attached hydrogen (secondary N) is 1. The highest BCUT2D eigenvalue weighted by Crippen LogP contribution is 2.53. The van der Waals surface area contributed by atoms with Crippen LogP contribution in [0.4, 0.5) is 5.69 Å². The normalized spacial score (nSPS) is 31.6. The fourth-order valence-electron chi connectivity index (χ4n) is 7.56. The molecule has 0 aromatic heterocycles. The third-order valence-corrected chi connectivity index (χ3v) is 9.81. The van der Waals surface area contributed by atoms with Crippen molar-refractivity contribution in [3.63, 3.8) is 0 Å². The zero-order valence-corrected chi connectivity index (χ0v) is 27.1. The number of esters is 1. The zero-order valence-electron chi connectivity index (χ0n) is 27.1. The van der Waals surface area contributed by atoms with Crippen LogP contribution in [-0.2, 0) is 28.7 Å². The van der Waals surface area contributed by atoms with Crippen LogP contribution in [0.1, 0.15) is 55.4 Å². The molecule has 10 heteroatoms. The van der Waals surface area contributed by atoms with E-state index >= 15 is 0 Å². The van der Waals surface area contributed by atoms with E-state index in [9.17, 15) is 24.3 Å². The van der Waals surface area contributed by atoms with Crippen LogP contribution < -0.4 is 10.2 Å². The van der Waals surface area contributed by atoms with Gasteiger partial charge < -0.3 is 29.7 Å². The largest absolute Gasteiger partial charge is 0.455 e. The summed E-state index contributed by atoms with van der Waals surface area (Å²) in [4.78, 5) is 59.7. The van der Waals surface area contributed by atoms with E-state index in [-0.39, 0.29) is 43.8 Å². The van der Waals surface area contributed by atoms with Crippen LogP contribution >= 0.6 is 0 Å². The topological polar surface area (TPSA) is 125 Å². The highest BCUT2D eigenvalue weighted by Gasteiger charge is 2.71. The Morgan fingerprint density at radius 1 is 1.00 bits per heavy atom. The minimum Gasteiger partial charge on any atom is -0.455 e. The lowest BCUT2D eigenvalue weighted by molar-refractivity contribution is -0.161. The molecule has 0 radical (unpaired) electrons. The third kappa shape index (κ3) is 6.00. The Morgan fingerprint density at radius 3 is 2.55 bits per heavy atom. The predicted octanol–water partition coefficient (Wildman–Crippen LogP) is 3.70. The number of unbranched alkanes of at least 4 members (excludes halogenated alkanes) is 1. The summed E-state index contributed by atoms with van der Waals surface area (Å²) in [6, 6.07) is 13.6. The van der Waals surface area contributed by atoms with E-state index in [2.05, 4.69) is 5.32 Å². The molecule has 1 spiro atoms. The smallest absolute Gasteiger partial charge is 0.313 e. The second-order valence-electron chi connectivity index (χ2n) is 13.0. The number of carbonyl (C=O) groups is 4. The molecule has 2 aromatic carbocycles. The molecule has 2 N–H and O–H groups in total. The molecule has 10 nitrogen and oxygen atoms in total. The Morgan fingerprint density at radius 2 is 1.79 bits per heavy atom. The molecule has 0 saturated carbocycles. The van der Waals surface area contributed by atoms with Crippen LogP contribution in [0.5, 0.6) is 0 Å². The number of likely N-dealkylation sites (tertiary alicyclic amines) is 1. The van der Waals surface area contributed by atoms with E-state index in [4.69, 9.17) is 9.47 Å². The van der Waals surface area contributed by atoms with Gasteiger partial charge in [0.2, 0.25) is 11.8 Å². The minimum absolute atomic E-state index is 0.0440. The molecule has 4 heterocycles. The molecule has 4 aliphatic heterocycles. The van der Waals surface area contributed by atoms with Gasteiger partial charge in [0.25, 0.3) is 5.91 Å². The fraction of sp³-hybridized carbons (Fsp3) is 0.459. The monoisotopic (exact) mass is 641 g/mol. The Labute approximate surface area is 275 Å². The molecule has 2 fully saturated rings. The van der Waals surface area contributed by atoms with Gasteiger partial charge in [0.05, 0.1) is 18.1 Å². The Balaban J connectivity index is 1.44. The van der Waals surface area contributed by atoms with Crippen molar-refractivity contribution in [3.8, 4) is 0 Å². The van der Waals surface area contributed by atoms with Gasteiger partial charge in [0.1, 0.15) is 23.7 Å². The molecule has 4 aliphatic rings. The average molecular weight is 642 g/mol. The molecule has 2 saturated heterocycles. The van der Waals surface area contributed by atoms with Gasteiger partial charge in [-0.3, -0.25) is 19.2 Å². The first-order valence-electron chi connectivity index (χ1n) is 16.5. The van der Waals surface area contributed by atoms with E-state index < -0.39 is 47.7 Å². The maximum Gasteiger partial charge on any atom is 0.313 e. The first kappa shape index (κ1) is 32.7. The molecule has 2 aromatic rings. The van der Waals surface area contributed by atoms with Crippen molar-refractivity contribution in [2.24, 2.45) is 11.8 Å². The van der Waals surface area contributed by atoms with Gasteiger partial charge in [-0.1, -0.05) is 66.8 Å². The predicted molar refractivity (Wildman–Crippen MR) is 175 cm³/mol. The third-order valence-electron chi connectivity index (χ3n) is 9.81. The molecule has 6 rings (SSSR count). The summed E-state index contributed by atoms with van der Waals surface area (Å²) in [7, 11) is 0. The van der Waals surface area contributed by atoms with Gasteiger partial charge in [-0.25, -0.2) is 0 Å². The SMILES string of the molecule is Cc1ccc(C)c(N2CC=C[C@]34O[C@@H]5/C=C\CCC(=O)N[C@H](C)[C@@H](c6ccccc6)OC(=O)[C@@H]5[C@H]3C(=O)N(CCCCO)[C@@H]4C2=O)c1. The van der Waals surface area contributed by atoms with Crippen molar-refractivity contribution >= 4 is 29.4 Å². The minimum atomic E-state index is -1.43. The van der Waals surface area contributed by atoms with Crippen LogP contribution in [-0.4, -0.2) is 77.2 Å². The lowest BCUT2D eigenvalue weighted by Crippen LogP contribution is -2.55. The number of aryl methyl sites for hydroxylation is 2. The van der Waals surface area contributed by atoms with Crippen molar-refractivity contribution in [2.45, 2.75) is 76.3 Å². The van der Waals surface area contributed by atoms with Crippen LogP contribution in [0.2, 0.25) is 0 Å². The second kappa shape index (κ2) is 13.4. The number of amides is 3. The summed E-state index contributed by atoms with van der Waals surface area (Å²) >= 11 is 0. The number of allylic oxidation sites excluding steroid dienone is 1. The number of carbonyl (C=O) groups excluding carboxylic acids is 4. The van der Waals surface area contributed by atoms with Gasteiger partial charge in [-0.2, -0.15) is 0 Å². The van der Waals surface area contributed by atoms with E-state index in [1.54, 1.807) is 28.9 Å². The Hall–Kier alpha value is -4.28. The van der Waals surface area contributed by atoms with Gasteiger partial charge in [-0.05, 0) is 62.8 Å². The number of hydrogen-bond acceptors (Lipinski definition) is 7. The summed E-state index contributed by atoms with van der Waals surface area (Å²) in [5.41, 5.74) is 1.95. The maximum atomic E-state index is 14.7. The highest BCUT2D eigenvalue weighted by atomic mass is 16.6. The number of benzene rings is 2. The number of aliphatic hydroxyl groups is 1. The van der Waals surface area contributed by atoms with Gasteiger partial charge >= 0.3 is 5.97 Å². The average Bonchev–Trinajstić information content (AvgIpc) is 3.43. The number of ether oxygens (including phenoxy) is 2. The number of rotatable bonds is 6. The first-order chi connectivity index (χ1) is 22.7. The number of aliphatic hydroxyl groups excluding tert-OH is 1. The second-order valence-corrected chi connectivity index (χ2v) is 13.0. The van der Waals surface area contributed by atoms with Crippen LogP contribution in [0, 0.1) is 25.7 Å². The molecule has 7 atom stereocenters. The Bertz CT molecular complexity index is 1590. The van der Waals surface area contributed by atoms with Crippen molar-refractivity contribution in [1.82, 2.24) is 10.2 Å². The molecule has 248 valence electrons. The lowest BCUT2D eigenvalue weighted by atomic mass is 9.77.